The van der Waals surface area contributed by atoms with Gasteiger partial charge in [-0.25, -0.2) is 9.97 Å². The largest absolute Gasteiger partial charge is 0.320 e. The average molecular weight is 512 g/mol. The highest BCUT2D eigenvalue weighted by Crippen LogP contribution is 2.25. The molecular formula is C25H24BrClN4O. The van der Waals surface area contributed by atoms with Crippen LogP contribution in [0.1, 0.15) is 47.2 Å². The number of rotatable bonds is 7. The summed E-state index contributed by atoms with van der Waals surface area (Å²) < 4.78 is 3.24. The lowest BCUT2D eigenvalue weighted by molar-refractivity contribution is 0.102. The van der Waals surface area contributed by atoms with Crippen LogP contribution >= 0.6 is 27.5 Å². The van der Waals surface area contributed by atoms with Crippen molar-refractivity contribution in [3.63, 3.8) is 0 Å². The number of anilines is 1. The van der Waals surface area contributed by atoms with Crippen molar-refractivity contribution in [1.29, 1.82) is 0 Å². The number of hydrogen-bond acceptors (Lipinski definition) is 3. The minimum atomic E-state index is -0.225. The first-order chi connectivity index (χ1) is 15.4. The second kappa shape index (κ2) is 9.84. The molecule has 0 bridgehead atoms. The van der Waals surface area contributed by atoms with Crippen molar-refractivity contribution in [2.24, 2.45) is 0 Å². The Labute approximate surface area is 201 Å². The van der Waals surface area contributed by atoms with E-state index in [1.54, 1.807) is 24.3 Å². The molecule has 1 N–H and O–H groups in total. The SMILES string of the molecule is CCCCc1nc2cc(NC(=O)c3cccc(Cl)c3)c(C)nc2n1Cc1ccc(Br)cc1. The van der Waals surface area contributed by atoms with Crippen molar-refractivity contribution in [1.82, 2.24) is 14.5 Å². The van der Waals surface area contributed by atoms with Gasteiger partial charge in [-0.3, -0.25) is 4.79 Å². The van der Waals surface area contributed by atoms with Crippen LogP contribution in [0.15, 0.2) is 59.1 Å². The summed E-state index contributed by atoms with van der Waals surface area (Å²) in [6.45, 7) is 4.77. The van der Waals surface area contributed by atoms with Gasteiger partial charge in [-0.2, -0.15) is 0 Å². The van der Waals surface area contributed by atoms with Crippen LogP contribution in [0.4, 0.5) is 5.69 Å². The van der Waals surface area contributed by atoms with E-state index in [0.717, 1.165) is 46.4 Å². The molecule has 2 heterocycles. The molecule has 4 rings (SSSR count). The third-order valence-electron chi connectivity index (χ3n) is 5.33. The fraction of sp³-hybridized carbons (Fsp3) is 0.240. The number of carbonyl (C=O) groups is 1. The van der Waals surface area contributed by atoms with Crippen molar-refractivity contribution in [2.45, 2.75) is 39.7 Å². The summed E-state index contributed by atoms with van der Waals surface area (Å²) in [6.07, 6.45) is 3.03. The van der Waals surface area contributed by atoms with Crippen molar-refractivity contribution in [2.75, 3.05) is 5.32 Å². The van der Waals surface area contributed by atoms with Crippen LogP contribution in [-0.4, -0.2) is 20.4 Å². The number of hydrogen-bond donors (Lipinski definition) is 1. The highest BCUT2D eigenvalue weighted by Gasteiger charge is 2.16. The Morgan fingerprint density at radius 3 is 2.62 bits per heavy atom. The molecule has 0 atom stereocenters. The van der Waals surface area contributed by atoms with Crippen LogP contribution in [0.2, 0.25) is 5.02 Å². The first-order valence-corrected chi connectivity index (χ1v) is 11.8. The Hall–Kier alpha value is -2.70. The molecule has 0 aliphatic heterocycles. The Balaban J connectivity index is 1.69. The molecule has 32 heavy (non-hydrogen) atoms. The maximum absolute atomic E-state index is 12.7. The molecule has 2 aromatic heterocycles. The van der Waals surface area contributed by atoms with Crippen molar-refractivity contribution < 1.29 is 4.79 Å². The lowest BCUT2D eigenvalue weighted by Crippen LogP contribution is -2.13. The number of aryl methyl sites for hydroxylation is 2. The number of amides is 1. The molecule has 2 aromatic carbocycles. The lowest BCUT2D eigenvalue weighted by Gasteiger charge is -2.11. The molecule has 0 radical (unpaired) electrons. The van der Waals surface area contributed by atoms with Crippen molar-refractivity contribution in [3.05, 3.63) is 86.7 Å². The molecular weight excluding hydrogens is 488 g/mol. The van der Waals surface area contributed by atoms with E-state index in [9.17, 15) is 4.79 Å². The fourth-order valence-electron chi connectivity index (χ4n) is 3.60. The summed E-state index contributed by atoms with van der Waals surface area (Å²) in [5, 5.41) is 3.48. The van der Waals surface area contributed by atoms with E-state index in [1.165, 1.54) is 5.56 Å². The number of pyridine rings is 1. The van der Waals surface area contributed by atoms with Gasteiger partial charge in [-0.15, -0.1) is 0 Å². The number of nitrogens with zero attached hydrogens (tertiary/aromatic N) is 3. The normalized spacial score (nSPS) is 11.1. The molecule has 0 aliphatic carbocycles. The van der Waals surface area contributed by atoms with Crippen LogP contribution in [0.25, 0.3) is 11.2 Å². The summed E-state index contributed by atoms with van der Waals surface area (Å²) in [4.78, 5) is 22.4. The molecule has 0 spiro atoms. The summed E-state index contributed by atoms with van der Waals surface area (Å²) in [7, 11) is 0. The summed E-state index contributed by atoms with van der Waals surface area (Å²) >= 11 is 9.53. The highest BCUT2D eigenvalue weighted by molar-refractivity contribution is 9.10. The molecule has 0 saturated heterocycles. The number of nitrogens with one attached hydrogen (secondary N) is 1. The summed E-state index contributed by atoms with van der Waals surface area (Å²) in [5.41, 5.74) is 4.69. The standard InChI is InChI=1S/C25H24BrClN4O/c1-3-4-8-23-29-22-14-21(30-25(32)18-6-5-7-20(27)13-18)16(2)28-24(22)31(23)15-17-9-11-19(26)12-10-17/h5-7,9-14H,3-4,8,15H2,1-2H3,(H,30,32). The van der Waals surface area contributed by atoms with Gasteiger partial charge in [-0.05, 0) is 55.3 Å². The van der Waals surface area contributed by atoms with Gasteiger partial charge in [0.05, 0.1) is 17.9 Å². The Morgan fingerprint density at radius 1 is 1.12 bits per heavy atom. The number of aromatic nitrogens is 3. The van der Waals surface area contributed by atoms with Gasteiger partial charge in [0.15, 0.2) is 5.65 Å². The molecule has 0 unspecified atom stereocenters. The Bertz CT molecular complexity index is 1270. The third-order valence-corrected chi connectivity index (χ3v) is 6.10. The van der Waals surface area contributed by atoms with Crippen LogP contribution < -0.4 is 5.32 Å². The molecule has 5 nitrogen and oxygen atoms in total. The number of carbonyl (C=O) groups excluding carboxylic acids is 1. The van der Waals surface area contributed by atoms with Gasteiger partial charge < -0.3 is 9.88 Å². The van der Waals surface area contributed by atoms with Crippen LogP contribution in [0.3, 0.4) is 0 Å². The van der Waals surface area contributed by atoms with E-state index in [0.29, 0.717) is 22.8 Å². The van der Waals surface area contributed by atoms with E-state index in [1.807, 2.05) is 25.1 Å². The van der Waals surface area contributed by atoms with Gasteiger partial charge in [0, 0.05) is 21.5 Å². The number of fused-ring (bicyclic) bond motifs is 1. The molecule has 0 saturated carbocycles. The monoisotopic (exact) mass is 510 g/mol. The number of halogens is 2. The van der Waals surface area contributed by atoms with E-state index < -0.39 is 0 Å². The Kier molecular flexibility index (Phi) is 6.92. The Morgan fingerprint density at radius 2 is 1.91 bits per heavy atom. The van der Waals surface area contributed by atoms with E-state index >= 15 is 0 Å². The van der Waals surface area contributed by atoms with Crippen LogP contribution in [0, 0.1) is 6.92 Å². The predicted molar refractivity (Wildman–Crippen MR) is 134 cm³/mol. The zero-order chi connectivity index (χ0) is 22.7. The maximum Gasteiger partial charge on any atom is 0.255 e. The van der Waals surface area contributed by atoms with Gasteiger partial charge in [-0.1, -0.05) is 59.1 Å². The minimum Gasteiger partial charge on any atom is -0.320 e. The smallest absolute Gasteiger partial charge is 0.255 e. The second-order valence-electron chi connectivity index (χ2n) is 7.77. The van der Waals surface area contributed by atoms with Gasteiger partial charge >= 0.3 is 0 Å². The van der Waals surface area contributed by atoms with Gasteiger partial charge in [0.2, 0.25) is 0 Å². The lowest BCUT2D eigenvalue weighted by atomic mass is 10.2. The molecule has 0 fully saturated rings. The summed E-state index contributed by atoms with van der Waals surface area (Å²) in [5.74, 6) is 0.784. The molecule has 4 aromatic rings. The first kappa shape index (κ1) is 22.5. The maximum atomic E-state index is 12.7. The third kappa shape index (κ3) is 5.03. The zero-order valence-corrected chi connectivity index (χ0v) is 20.4. The fourth-order valence-corrected chi connectivity index (χ4v) is 4.05. The minimum absolute atomic E-state index is 0.225. The quantitative estimate of drug-likeness (QED) is 0.297. The molecule has 164 valence electrons. The number of benzene rings is 2. The molecule has 7 heteroatoms. The van der Waals surface area contributed by atoms with Crippen LogP contribution in [0.5, 0.6) is 0 Å². The van der Waals surface area contributed by atoms with Gasteiger partial charge in [0.1, 0.15) is 11.3 Å². The topological polar surface area (TPSA) is 59.8 Å². The zero-order valence-electron chi connectivity index (χ0n) is 18.0. The van der Waals surface area contributed by atoms with E-state index in [-0.39, 0.29) is 5.91 Å². The van der Waals surface area contributed by atoms with Crippen LogP contribution in [-0.2, 0) is 13.0 Å². The van der Waals surface area contributed by atoms with Crippen molar-refractivity contribution >= 4 is 50.3 Å². The molecule has 1 amide bonds. The average Bonchev–Trinajstić information content (AvgIpc) is 3.10. The number of unbranched alkanes of at least 4 members (excludes halogenated alkanes) is 1. The first-order valence-electron chi connectivity index (χ1n) is 10.6. The number of imidazole rings is 1. The van der Waals surface area contributed by atoms with Crippen molar-refractivity contribution in [3.8, 4) is 0 Å². The van der Waals surface area contributed by atoms with E-state index in [4.69, 9.17) is 21.6 Å². The summed E-state index contributed by atoms with van der Waals surface area (Å²) in [6, 6.07) is 17.1. The predicted octanol–water partition coefficient (Wildman–Crippen LogP) is 6.80. The molecule has 0 aliphatic rings. The highest BCUT2D eigenvalue weighted by atomic mass is 79.9. The second-order valence-corrected chi connectivity index (χ2v) is 9.12. The van der Waals surface area contributed by atoms with Gasteiger partial charge in [0.25, 0.3) is 5.91 Å². The van der Waals surface area contributed by atoms with E-state index in [2.05, 4.69) is 44.9 Å².